The number of ether oxygens (including phenoxy) is 1. The van der Waals surface area contributed by atoms with Crippen molar-refractivity contribution in [2.45, 2.75) is 26.2 Å². The Bertz CT molecular complexity index is 415. The molecule has 4 heteroatoms. The molecule has 0 aliphatic rings. The summed E-state index contributed by atoms with van der Waals surface area (Å²) in [6.07, 6.45) is 1.29. The molecule has 0 fully saturated rings. The number of aryl methyl sites for hydroxylation is 1. The van der Waals surface area contributed by atoms with Gasteiger partial charge in [-0.05, 0) is 31.0 Å². The molecular formula is C14H19NO3. The fraction of sp³-hybridized carbons (Fsp3) is 0.429. The largest absolute Gasteiger partial charge is 0.377 e. The Balaban J connectivity index is 2.28. The molecule has 4 nitrogen and oxygen atoms in total. The number of rotatable bonds is 7. The van der Waals surface area contributed by atoms with Gasteiger partial charge in [0.25, 0.3) is 0 Å². The van der Waals surface area contributed by atoms with Gasteiger partial charge in [0.1, 0.15) is 6.61 Å². The van der Waals surface area contributed by atoms with E-state index in [1.807, 2.05) is 31.2 Å². The van der Waals surface area contributed by atoms with E-state index >= 15 is 0 Å². The highest BCUT2D eigenvalue weighted by atomic mass is 16.5. The second-order valence-corrected chi connectivity index (χ2v) is 4.24. The summed E-state index contributed by atoms with van der Waals surface area (Å²) >= 11 is 0. The topological polar surface area (TPSA) is 55.4 Å². The molecule has 0 saturated heterocycles. The van der Waals surface area contributed by atoms with E-state index in [4.69, 9.17) is 4.74 Å². The smallest absolute Gasteiger partial charge is 0.224 e. The molecule has 0 saturated carbocycles. The average Bonchev–Trinajstić information content (AvgIpc) is 2.29. The van der Waals surface area contributed by atoms with Crippen molar-refractivity contribution in [3.05, 3.63) is 29.8 Å². The lowest BCUT2D eigenvalue weighted by atomic mass is 10.1. The number of ketones is 1. The van der Waals surface area contributed by atoms with Gasteiger partial charge in [0.2, 0.25) is 5.91 Å². The van der Waals surface area contributed by atoms with Crippen molar-refractivity contribution < 1.29 is 14.3 Å². The van der Waals surface area contributed by atoms with Crippen molar-refractivity contribution in [3.8, 4) is 0 Å². The highest BCUT2D eigenvalue weighted by Gasteiger charge is 2.05. The van der Waals surface area contributed by atoms with Crippen LogP contribution in [0.3, 0.4) is 0 Å². The van der Waals surface area contributed by atoms with Gasteiger partial charge in [-0.3, -0.25) is 9.59 Å². The lowest BCUT2D eigenvalue weighted by Crippen LogP contribution is -2.13. The third kappa shape index (κ3) is 5.59. The lowest BCUT2D eigenvalue weighted by molar-refractivity contribution is -0.122. The minimum Gasteiger partial charge on any atom is -0.377 e. The summed E-state index contributed by atoms with van der Waals surface area (Å²) in [5.41, 5.74) is 1.89. The van der Waals surface area contributed by atoms with Crippen molar-refractivity contribution in [2.24, 2.45) is 0 Å². The van der Waals surface area contributed by atoms with E-state index in [0.29, 0.717) is 19.3 Å². The minimum atomic E-state index is -0.0641. The van der Waals surface area contributed by atoms with E-state index in [-0.39, 0.29) is 18.3 Å². The minimum absolute atomic E-state index is 0.0286. The number of benzene rings is 1. The van der Waals surface area contributed by atoms with Crippen LogP contribution in [-0.2, 0) is 14.3 Å². The first-order valence-electron chi connectivity index (χ1n) is 5.99. The van der Waals surface area contributed by atoms with Crippen molar-refractivity contribution in [3.63, 3.8) is 0 Å². The number of methoxy groups -OCH3 is 1. The van der Waals surface area contributed by atoms with Crippen molar-refractivity contribution in [2.75, 3.05) is 19.0 Å². The van der Waals surface area contributed by atoms with Crippen LogP contribution in [0.25, 0.3) is 0 Å². The van der Waals surface area contributed by atoms with Gasteiger partial charge in [0.15, 0.2) is 5.78 Å². The summed E-state index contributed by atoms with van der Waals surface area (Å²) < 4.78 is 4.72. The van der Waals surface area contributed by atoms with Gasteiger partial charge in [-0.1, -0.05) is 12.1 Å². The molecule has 0 bridgehead atoms. The molecule has 1 N–H and O–H groups in total. The first kappa shape index (κ1) is 14.4. The monoisotopic (exact) mass is 249 g/mol. The molecule has 0 atom stereocenters. The molecule has 1 rings (SSSR count). The van der Waals surface area contributed by atoms with Gasteiger partial charge < -0.3 is 10.1 Å². The summed E-state index contributed by atoms with van der Waals surface area (Å²) in [6, 6.07) is 7.63. The van der Waals surface area contributed by atoms with E-state index in [1.165, 1.54) is 7.11 Å². The van der Waals surface area contributed by atoms with E-state index < -0.39 is 0 Å². The van der Waals surface area contributed by atoms with Gasteiger partial charge in [0.05, 0.1) is 0 Å². The Morgan fingerprint density at radius 3 is 2.72 bits per heavy atom. The standard InChI is InChI=1S/C14H19NO3/c1-11-5-3-6-12(9-11)15-14(17)8-4-7-13(16)10-18-2/h3,5-6,9H,4,7-8,10H2,1-2H3,(H,15,17). The number of Topliss-reactive ketones (excluding diaryl/α,β-unsaturated/α-hetero) is 1. The number of hydrogen-bond donors (Lipinski definition) is 1. The number of amides is 1. The zero-order valence-corrected chi connectivity index (χ0v) is 10.9. The molecular weight excluding hydrogens is 230 g/mol. The maximum absolute atomic E-state index is 11.6. The third-order valence-corrected chi connectivity index (χ3v) is 2.47. The fourth-order valence-corrected chi connectivity index (χ4v) is 1.63. The normalized spacial score (nSPS) is 10.1. The maximum Gasteiger partial charge on any atom is 0.224 e. The summed E-state index contributed by atoms with van der Waals surface area (Å²) in [5.74, 6) is -0.0355. The second-order valence-electron chi connectivity index (χ2n) is 4.24. The predicted octanol–water partition coefficient (Wildman–Crippen LogP) is 2.32. The van der Waals surface area contributed by atoms with Gasteiger partial charge in [-0.15, -0.1) is 0 Å². The average molecular weight is 249 g/mol. The van der Waals surface area contributed by atoms with Crippen LogP contribution in [0.15, 0.2) is 24.3 Å². The number of hydrogen-bond acceptors (Lipinski definition) is 3. The molecule has 0 aliphatic carbocycles. The van der Waals surface area contributed by atoms with Crippen molar-refractivity contribution in [1.29, 1.82) is 0 Å². The number of anilines is 1. The molecule has 0 spiro atoms. The Labute approximate surface area is 107 Å². The van der Waals surface area contributed by atoms with Gasteiger partial charge in [-0.2, -0.15) is 0 Å². The number of nitrogens with one attached hydrogen (secondary N) is 1. The SMILES string of the molecule is COCC(=O)CCCC(=O)Nc1cccc(C)c1. The van der Waals surface area contributed by atoms with Gasteiger partial charge in [0, 0.05) is 25.6 Å². The summed E-state index contributed by atoms with van der Waals surface area (Å²) in [6.45, 7) is 2.10. The summed E-state index contributed by atoms with van der Waals surface area (Å²) in [7, 11) is 1.49. The van der Waals surface area contributed by atoms with E-state index in [2.05, 4.69) is 5.32 Å². The first-order valence-corrected chi connectivity index (χ1v) is 5.99. The Hall–Kier alpha value is -1.68. The van der Waals surface area contributed by atoms with Crippen LogP contribution in [0.1, 0.15) is 24.8 Å². The molecule has 0 aromatic heterocycles. The Kier molecular flexibility index (Phi) is 6.08. The van der Waals surface area contributed by atoms with Crippen molar-refractivity contribution >= 4 is 17.4 Å². The molecule has 18 heavy (non-hydrogen) atoms. The summed E-state index contributed by atoms with van der Waals surface area (Å²) in [4.78, 5) is 22.8. The zero-order chi connectivity index (χ0) is 13.4. The van der Waals surface area contributed by atoms with E-state index in [0.717, 1.165) is 11.3 Å². The van der Waals surface area contributed by atoms with E-state index in [9.17, 15) is 9.59 Å². The van der Waals surface area contributed by atoms with Crippen LogP contribution in [0.5, 0.6) is 0 Å². The van der Waals surface area contributed by atoms with Crippen molar-refractivity contribution in [1.82, 2.24) is 0 Å². The molecule has 0 heterocycles. The maximum atomic E-state index is 11.6. The summed E-state index contributed by atoms with van der Waals surface area (Å²) in [5, 5.41) is 2.81. The molecule has 0 unspecified atom stereocenters. The van der Waals surface area contributed by atoms with Gasteiger partial charge >= 0.3 is 0 Å². The number of carbonyl (C=O) groups excluding carboxylic acids is 2. The predicted molar refractivity (Wildman–Crippen MR) is 70.5 cm³/mol. The fourth-order valence-electron chi connectivity index (χ4n) is 1.63. The molecule has 1 aromatic rings. The quantitative estimate of drug-likeness (QED) is 0.806. The number of carbonyl (C=O) groups is 2. The second kappa shape index (κ2) is 7.61. The molecule has 0 aliphatic heterocycles. The Morgan fingerprint density at radius 1 is 1.28 bits per heavy atom. The third-order valence-electron chi connectivity index (χ3n) is 2.47. The van der Waals surface area contributed by atoms with Crippen LogP contribution in [0.4, 0.5) is 5.69 Å². The molecule has 1 amide bonds. The molecule has 0 radical (unpaired) electrons. The molecule has 1 aromatic carbocycles. The van der Waals surface area contributed by atoms with Crippen LogP contribution in [-0.4, -0.2) is 25.4 Å². The molecule has 98 valence electrons. The highest BCUT2D eigenvalue weighted by molar-refractivity contribution is 5.91. The Morgan fingerprint density at radius 2 is 2.06 bits per heavy atom. The van der Waals surface area contributed by atoms with Crippen LogP contribution >= 0.6 is 0 Å². The van der Waals surface area contributed by atoms with Crippen LogP contribution < -0.4 is 5.32 Å². The van der Waals surface area contributed by atoms with Crippen LogP contribution in [0, 0.1) is 6.92 Å². The van der Waals surface area contributed by atoms with E-state index in [1.54, 1.807) is 0 Å². The van der Waals surface area contributed by atoms with Gasteiger partial charge in [-0.25, -0.2) is 0 Å². The lowest BCUT2D eigenvalue weighted by Gasteiger charge is -2.05. The first-order chi connectivity index (χ1) is 8.61. The highest BCUT2D eigenvalue weighted by Crippen LogP contribution is 2.10. The van der Waals surface area contributed by atoms with Crippen LogP contribution in [0.2, 0.25) is 0 Å². The zero-order valence-electron chi connectivity index (χ0n) is 10.9.